The molecule has 0 aromatic carbocycles. The van der Waals surface area contributed by atoms with Gasteiger partial charge in [0.05, 0.1) is 16.5 Å². The van der Waals surface area contributed by atoms with Crippen LogP contribution in [0.5, 0.6) is 0 Å². The minimum Gasteiger partial charge on any atom is -0.379 e. The molecule has 12 heavy (non-hydrogen) atoms. The van der Waals surface area contributed by atoms with E-state index >= 15 is 0 Å². The number of ether oxygens (including phenoxy) is 1. The average molecular weight is 251 g/mol. The van der Waals surface area contributed by atoms with Crippen LogP contribution >= 0.6 is 27.3 Å². The Morgan fingerprint density at radius 1 is 1.67 bits per heavy atom. The third-order valence-corrected chi connectivity index (χ3v) is 3.33. The van der Waals surface area contributed by atoms with Crippen molar-refractivity contribution in [3.05, 3.63) is 14.5 Å². The molecule has 1 aromatic heterocycles. The molecule has 0 saturated carbocycles. The van der Waals surface area contributed by atoms with Crippen molar-refractivity contribution >= 4 is 27.3 Å². The van der Waals surface area contributed by atoms with Gasteiger partial charge in [0.15, 0.2) is 0 Å². The Morgan fingerprint density at radius 2 is 2.42 bits per heavy atom. The standard InChI is InChI=1S/C7H11BrN2OS/c1-11-4-5-7(8)10-6(12-5)2-3-9/h2-4,9H2,1H3. The number of hydrogen-bond donors (Lipinski definition) is 1. The van der Waals surface area contributed by atoms with E-state index in [-0.39, 0.29) is 0 Å². The zero-order valence-corrected chi connectivity index (χ0v) is 9.24. The van der Waals surface area contributed by atoms with Gasteiger partial charge >= 0.3 is 0 Å². The molecule has 5 heteroatoms. The molecule has 3 nitrogen and oxygen atoms in total. The highest BCUT2D eigenvalue weighted by molar-refractivity contribution is 9.10. The van der Waals surface area contributed by atoms with Crippen LogP contribution in [0.3, 0.4) is 0 Å². The second kappa shape index (κ2) is 4.91. The summed E-state index contributed by atoms with van der Waals surface area (Å²) in [6, 6.07) is 0. The Bertz CT molecular complexity index is 252. The van der Waals surface area contributed by atoms with E-state index in [9.17, 15) is 0 Å². The summed E-state index contributed by atoms with van der Waals surface area (Å²) in [7, 11) is 1.68. The SMILES string of the molecule is COCc1sc(CCN)nc1Br. The summed E-state index contributed by atoms with van der Waals surface area (Å²) >= 11 is 5.01. The molecule has 1 aromatic rings. The molecule has 0 unspecified atom stereocenters. The second-order valence-corrected chi connectivity index (χ2v) is 4.21. The molecule has 1 rings (SSSR count). The fourth-order valence-electron chi connectivity index (χ4n) is 0.829. The molecule has 1 heterocycles. The summed E-state index contributed by atoms with van der Waals surface area (Å²) < 4.78 is 5.90. The predicted molar refractivity (Wildman–Crippen MR) is 53.3 cm³/mol. The quantitative estimate of drug-likeness (QED) is 0.883. The first kappa shape index (κ1) is 10.1. The van der Waals surface area contributed by atoms with Gasteiger partial charge in [0.1, 0.15) is 4.60 Å². The van der Waals surface area contributed by atoms with Crippen LogP contribution in [0.1, 0.15) is 9.88 Å². The van der Waals surface area contributed by atoms with Gasteiger partial charge in [0.25, 0.3) is 0 Å². The van der Waals surface area contributed by atoms with Crippen molar-refractivity contribution in [2.75, 3.05) is 13.7 Å². The van der Waals surface area contributed by atoms with Crippen LogP contribution in [-0.2, 0) is 17.8 Å². The summed E-state index contributed by atoms with van der Waals surface area (Å²) in [4.78, 5) is 5.42. The van der Waals surface area contributed by atoms with E-state index in [1.807, 2.05) is 0 Å². The van der Waals surface area contributed by atoms with Crippen LogP contribution in [0.2, 0.25) is 0 Å². The monoisotopic (exact) mass is 250 g/mol. The van der Waals surface area contributed by atoms with Crippen LogP contribution in [0.15, 0.2) is 4.60 Å². The fraction of sp³-hybridized carbons (Fsp3) is 0.571. The molecule has 0 saturated heterocycles. The molecule has 2 N–H and O–H groups in total. The van der Waals surface area contributed by atoms with Crippen LogP contribution in [0.4, 0.5) is 0 Å². The predicted octanol–water partition coefficient (Wildman–Crippen LogP) is 1.55. The lowest BCUT2D eigenvalue weighted by Crippen LogP contribution is -2.01. The largest absolute Gasteiger partial charge is 0.379 e. The molecule has 0 fully saturated rings. The number of nitrogens with two attached hydrogens (primary N) is 1. The highest BCUT2D eigenvalue weighted by Crippen LogP contribution is 2.24. The number of aromatic nitrogens is 1. The topological polar surface area (TPSA) is 48.1 Å². The van der Waals surface area contributed by atoms with E-state index in [2.05, 4.69) is 20.9 Å². The van der Waals surface area contributed by atoms with E-state index < -0.39 is 0 Å². The summed E-state index contributed by atoms with van der Waals surface area (Å²) in [6.07, 6.45) is 0.840. The first-order valence-corrected chi connectivity index (χ1v) is 5.22. The van der Waals surface area contributed by atoms with Crippen LogP contribution in [-0.4, -0.2) is 18.6 Å². The third-order valence-electron chi connectivity index (χ3n) is 1.33. The Hall–Kier alpha value is 0.0300. The number of nitrogens with zero attached hydrogens (tertiary/aromatic N) is 1. The summed E-state index contributed by atoms with van der Waals surface area (Å²) in [5.41, 5.74) is 5.41. The number of methoxy groups -OCH3 is 1. The van der Waals surface area contributed by atoms with E-state index in [1.54, 1.807) is 18.4 Å². The zero-order chi connectivity index (χ0) is 8.97. The fourth-order valence-corrected chi connectivity index (χ4v) is 2.47. The molecular formula is C7H11BrN2OS. The third kappa shape index (κ3) is 2.52. The second-order valence-electron chi connectivity index (χ2n) is 2.29. The van der Waals surface area contributed by atoms with Gasteiger partial charge in [-0.1, -0.05) is 0 Å². The summed E-state index contributed by atoms with van der Waals surface area (Å²) in [5.74, 6) is 0. The average Bonchev–Trinajstić information content (AvgIpc) is 2.34. The summed E-state index contributed by atoms with van der Waals surface area (Å²) in [5, 5.41) is 1.07. The van der Waals surface area contributed by atoms with Crippen molar-refractivity contribution < 1.29 is 4.74 Å². The van der Waals surface area contributed by atoms with Crippen LogP contribution in [0, 0.1) is 0 Å². The molecule has 0 amide bonds. The van der Waals surface area contributed by atoms with Crippen molar-refractivity contribution in [3.8, 4) is 0 Å². The van der Waals surface area contributed by atoms with Gasteiger partial charge in [-0.15, -0.1) is 11.3 Å². The lowest BCUT2D eigenvalue weighted by Gasteiger charge is -1.91. The van der Waals surface area contributed by atoms with Gasteiger partial charge in [-0.05, 0) is 22.5 Å². The van der Waals surface area contributed by atoms with Crippen LogP contribution < -0.4 is 5.73 Å². The smallest absolute Gasteiger partial charge is 0.122 e. The first-order valence-electron chi connectivity index (χ1n) is 3.61. The summed E-state index contributed by atoms with van der Waals surface area (Å²) in [6.45, 7) is 1.26. The van der Waals surface area contributed by atoms with Crippen molar-refractivity contribution in [3.63, 3.8) is 0 Å². The van der Waals surface area contributed by atoms with Gasteiger partial charge in [0.2, 0.25) is 0 Å². The molecule has 0 spiro atoms. The van der Waals surface area contributed by atoms with Crippen molar-refractivity contribution in [1.82, 2.24) is 4.98 Å². The van der Waals surface area contributed by atoms with E-state index in [4.69, 9.17) is 10.5 Å². The number of rotatable bonds is 4. The molecule has 0 aliphatic carbocycles. The molecule has 0 aliphatic heterocycles. The molecule has 0 bridgehead atoms. The number of thiazole rings is 1. The molecular weight excluding hydrogens is 240 g/mol. The van der Waals surface area contributed by atoms with Gasteiger partial charge in [-0.3, -0.25) is 0 Å². The van der Waals surface area contributed by atoms with Crippen molar-refractivity contribution in [2.45, 2.75) is 13.0 Å². The van der Waals surface area contributed by atoms with E-state index in [0.717, 1.165) is 20.9 Å². The zero-order valence-electron chi connectivity index (χ0n) is 6.84. The molecule has 0 atom stereocenters. The van der Waals surface area contributed by atoms with Crippen molar-refractivity contribution in [1.29, 1.82) is 0 Å². The Balaban J connectivity index is 2.70. The lowest BCUT2D eigenvalue weighted by atomic mass is 10.5. The Morgan fingerprint density at radius 3 is 3.00 bits per heavy atom. The Labute approximate surface area is 84.1 Å². The highest BCUT2D eigenvalue weighted by Gasteiger charge is 2.07. The maximum atomic E-state index is 5.41. The van der Waals surface area contributed by atoms with E-state index in [0.29, 0.717) is 13.2 Å². The minimum absolute atomic E-state index is 0.614. The maximum Gasteiger partial charge on any atom is 0.122 e. The minimum atomic E-state index is 0.614. The van der Waals surface area contributed by atoms with Gasteiger partial charge in [0, 0.05) is 13.5 Å². The van der Waals surface area contributed by atoms with Crippen molar-refractivity contribution in [2.24, 2.45) is 5.73 Å². The van der Waals surface area contributed by atoms with Gasteiger partial charge < -0.3 is 10.5 Å². The molecule has 0 radical (unpaired) electrons. The maximum absolute atomic E-state index is 5.41. The number of halogens is 1. The molecule has 0 aliphatic rings. The molecule has 68 valence electrons. The van der Waals surface area contributed by atoms with E-state index in [1.165, 1.54) is 0 Å². The normalized spacial score (nSPS) is 10.6. The Kier molecular flexibility index (Phi) is 4.14. The lowest BCUT2D eigenvalue weighted by molar-refractivity contribution is 0.187. The first-order chi connectivity index (χ1) is 5.77. The van der Waals surface area contributed by atoms with Gasteiger partial charge in [-0.25, -0.2) is 4.98 Å². The van der Waals surface area contributed by atoms with Crippen LogP contribution in [0.25, 0.3) is 0 Å². The highest BCUT2D eigenvalue weighted by atomic mass is 79.9. The van der Waals surface area contributed by atoms with Gasteiger partial charge in [-0.2, -0.15) is 0 Å². The number of hydrogen-bond acceptors (Lipinski definition) is 4.